The number of rotatable bonds is 9. The van der Waals surface area contributed by atoms with Crippen molar-refractivity contribution >= 4 is 34.0 Å². The normalized spacial score (nSPS) is 13.7. The van der Waals surface area contributed by atoms with E-state index in [1.165, 1.54) is 23.8 Å². The van der Waals surface area contributed by atoms with Crippen molar-refractivity contribution in [1.29, 1.82) is 0 Å². The zero-order valence-electron chi connectivity index (χ0n) is 23.3. The number of halogens is 3. The zero-order chi connectivity index (χ0) is 29.0. The van der Waals surface area contributed by atoms with Crippen LogP contribution in [0.5, 0.6) is 5.75 Å². The number of benzene rings is 2. The number of nitrogens with zero attached hydrogens (tertiary/aromatic N) is 1. The summed E-state index contributed by atoms with van der Waals surface area (Å²) in [5.74, 6) is 6.51. The third kappa shape index (κ3) is 9.29. The van der Waals surface area contributed by atoms with Gasteiger partial charge in [-0.25, -0.2) is 0 Å². The molecular weight excluding hydrogens is 537 g/mol. The lowest BCUT2D eigenvalue weighted by Crippen LogP contribution is -2.22. The minimum Gasteiger partial charge on any atom is -0.489 e. The number of hydrogen-bond donors (Lipinski definition) is 4. The van der Waals surface area contributed by atoms with Crippen LogP contribution >= 0.6 is 11.8 Å². The van der Waals surface area contributed by atoms with E-state index in [9.17, 15) is 13.2 Å². The number of aromatic nitrogens is 1. The first kappa shape index (κ1) is 31.5. The Hall–Kier alpha value is -3.00. The highest BCUT2D eigenvalue weighted by Gasteiger charge is 2.30. The van der Waals surface area contributed by atoms with E-state index in [1.54, 1.807) is 30.0 Å². The summed E-state index contributed by atoms with van der Waals surface area (Å²) in [5, 5.41) is 19.3. The minimum atomic E-state index is -4.37. The first-order chi connectivity index (χ1) is 19.3. The monoisotopic (exact) mass is 576 g/mol. The van der Waals surface area contributed by atoms with Crippen LogP contribution in [0.2, 0.25) is 0 Å². The zero-order valence-corrected chi connectivity index (χ0v) is 24.1. The van der Waals surface area contributed by atoms with Crippen LogP contribution in [0.25, 0.3) is 10.9 Å². The van der Waals surface area contributed by atoms with Crippen LogP contribution in [0.1, 0.15) is 37.8 Å². The molecular formula is C30H39F3N4O2S. The van der Waals surface area contributed by atoms with Gasteiger partial charge in [-0.15, -0.1) is 11.8 Å². The van der Waals surface area contributed by atoms with Crippen molar-refractivity contribution in [1.82, 2.24) is 9.88 Å². The predicted molar refractivity (Wildman–Crippen MR) is 160 cm³/mol. The molecule has 0 bridgehead atoms. The van der Waals surface area contributed by atoms with Gasteiger partial charge in [-0.2, -0.15) is 13.2 Å². The van der Waals surface area contributed by atoms with Crippen molar-refractivity contribution in [2.75, 3.05) is 50.7 Å². The second kappa shape index (κ2) is 15.7. The third-order valence-corrected chi connectivity index (χ3v) is 7.09. The van der Waals surface area contributed by atoms with Gasteiger partial charge in [-0.1, -0.05) is 31.2 Å². The van der Waals surface area contributed by atoms with Crippen LogP contribution in [0, 0.1) is 11.8 Å². The molecule has 40 heavy (non-hydrogen) atoms. The van der Waals surface area contributed by atoms with Crippen molar-refractivity contribution in [3.63, 3.8) is 0 Å². The van der Waals surface area contributed by atoms with Gasteiger partial charge in [0.15, 0.2) is 0 Å². The van der Waals surface area contributed by atoms with Crippen LogP contribution in [0.3, 0.4) is 0 Å². The molecule has 0 amide bonds. The molecule has 10 heteroatoms. The average molecular weight is 577 g/mol. The first-order valence-electron chi connectivity index (χ1n) is 13.5. The number of hydrogen-bond acceptors (Lipinski definition) is 6. The maximum absolute atomic E-state index is 13.5. The molecule has 1 aliphatic rings. The number of nitrogens with one attached hydrogen (secondary N) is 3. The molecule has 1 aromatic heterocycles. The van der Waals surface area contributed by atoms with Crippen molar-refractivity contribution < 1.29 is 23.0 Å². The van der Waals surface area contributed by atoms with Gasteiger partial charge in [0, 0.05) is 22.0 Å². The highest BCUT2D eigenvalue weighted by Crippen LogP contribution is 2.32. The molecule has 1 saturated carbocycles. The number of thioether (sulfide) groups is 1. The molecule has 0 unspecified atom stereocenters. The van der Waals surface area contributed by atoms with Crippen LogP contribution in [0.15, 0.2) is 47.4 Å². The van der Waals surface area contributed by atoms with Crippen molar-refractivity contribution in [2.24, 2.45) is 0 Å². The van der Waals surface area contributed by atoms with Gasteiger partial charge in [0.25, 0.3) is 0 Å². The number of fused-ring (bicyclic) bond motifs is 1. The van der Waals surface area contributed by atoms with Gasteiger partial charge in [0.2, 0.25) is 0 Å². The lowest BCUT2D eigenvalue weighted by Gasteiger charge is -2.24. The Balaban J connectivity index is 0.00000141. The summed E-state index contributed by atoms with van der Waals surface area (Å²) in [4.78, 5) is 1.01. The fourth-order valence-corrected chi connectivity index (χ4v) is 5.08. The molecule has 0 spiro atoms. The summed E-state index contributed by atoms with van der Waals surface area (Å²) in [7, 11) is 3.75. The molecule has 0 atom stereocenters. The molecule has 1 heterocycles. The van der Waals surface area contributed by atoms with Crippen molar-refractivity contribution in [2.45, 2.75) is 55.8 Å². The molecule has 0 aliphatic heterocycles. The van der Waals surface area contributed by atoms with E-state index in [-0.39, 0.29) is 19.8 Å². The summed E-state index contributed by atoms with van der Waals surface area (Å²) in [6, 6.07) is 13.2. The van der Waals surface area contributed by atoms with Gasteiger partial charge >= 0.3 is 6.18 Å². The molecule has 2 aromatic carbocycles. The number of anilines is 2. The Morgan fingerprint density at radius 2 is 1.82 bits per heavy atom. The molecule has 1 aliphatic carbocycles. The Labute approximate surface area is 239 Å². The summed E-state index contributed by atoms with van der Waals surface area (Å²) < 4.78 is 47.3. The number of ether oxygens (including phenoxy) is 1. The fourth-order valence-electron chi connectivity index (χ4n) is 4.66. The largest absolute Gasteiger partial charge is 0.489 e. The Morgan fingerprint density at radius 3 is 2.50 bits per heavy atom. The van der Waals surface area contributed by atoms with Crippen LogP contribution in [-0.2, 0) is 6.54 Å². The Morgan fingerprint density at radius 1 is 1.07 bits per heavy atom. The smallest absolute Gasteiger partial charge is 0.406 e. The van der Waals surface area contributed by atoms with E-state index in [0.717, 1.165) is 28.8 Å². The topological polar surface area (TPSA) is 70.5 Å². The maximum atomic E-state index is 13.5. The van der Waals surface area contributed by atoms with Gasteiger partial charge in [-0.3, -0.25) is 0 Å². The molecule has 218 valence electrons. The lowest BCUT2D eigenvalue weighted by atomic mass is 9.95. The predicted octanol–water partition coefficient (Wildman–Crippen LogP) is 6.34. The van der Waals surface area contributed by atoms with Gasteiger partial charge < -0.3 is 30.4 Å². The van der Waals surface area contributed by atoms with Crippen LogP contribution < -0.4 is 20.7 Å². The maximum Gasteiger partial charge on any atom is 0.406 e. The summed E-state index contributed by atoms with van der Waals surface area (Å²) in [6.45, 7) is -0.831. The third-order valence-electron chi connectivity index (χ3n) is 6.37. The number of aliphatic hydroxyl groups excluding tert-OH is 1. The summed E-state index contributed by atoms with van der Waals surface area (Å²) in [5.41, 5.74) is 2.39. The summed E-state index contributed by atoms with van der Waals surface area (Å²) in [6.07, 6.45) is 3.29. The minimum absolute atomic E-state index is 0.107. The van der Waals surface area contributed by atoms with Crippen LogP contribution in [0.4, 0.5) is 24.5 Å². The lowest BCUT2D eigenvalue weighted by molar-refractivity contribution is -0.140. The molecule has 6 nitrogen and oxygen atoms in total. The Kier molecular flexibility index (Phi) is 12.4. The molecule has 3 aromatic rings. The molecule has 4 rings (SSSR count). The Bertz CT molecular complexity index is 1280. The highest BCUT2D eigenvalue weighted by molar-refractivity contribution is 7.98. The van der Waals surface area contributed by atoms with E-state index < -0.39 is 12.7 Å². The van der Waals surface area contributed by atoms with Gasteiger partial charge in [0.1, 0.15) is 18.9 Å². The molecule has 1 fully saturated rings. The van der Waals surface area contributed by atoms with E-state index >= 15 is 0 Å². The number of aliphatic hydroxyl groups is 1. The molecule has 4 N–H and O–H groups in total. The van der Waals surface area contributed by atoms with E-state index in [4.69, 9.17) is 9.84 Å². The second-order valence-electron chi connectivity index (χ2n) is 9.54. The van der Waals surface area contributed by atoms with Crippen molar-refractivity contribution in [3.8, 4) is 17.6 Å². The first-order valence-corrected chi connectivity index (χ1v) is 14.7. The standard InChI is InChI=1S/C28H32F3N3O2S.C2H7N/c1-37-22-12-13-25(27(18-22)36-16-15-35)32-14-6-9-21-17-23-24(33-20-7-3-2-4-8-20)10-5-11-26(23)34(21)19-28(29,30)31;1-3-2/h5,10-13,17-18,20,32-33,35H,2-4,7-8,14-16,19H2,1H3;3H,1-2H3. The SMILES string of the molecule is CNC.CSc1ccc(NCC#Cc2cc3c(NC4CCCCC4)cccc3n2CC(F)(F)F)c(OCCO)c1. The average Bonchev–Trinajstić information content (AvgIpc) is 3.28. The van der Waals surface area contributed by atoms with Gasteiger partial charge in [-0.05, 0) is 75.5 Å². The molecule has 0 saturated heterocycles. The summed E-state index contributed by atoms with van der Waals surface area (Å²) >= 11 is 1.57. The van der Waals surface area contributed by atoms with E-state index in [1.807, 2.05) is 44.6 Å². The van der Waals surface area contributed by atoms with Gasteiger partial charge in [0.05, 0.1) is 30.0 Å². The molecule has 0 radical (unpaired) electrons. The second-order valence-corrected chi connectivity index (χ2v) is 10.4. The highest BCUT2D eigenvalue weighted by atomic mass is 32.2. The number of alkyl halides is 3. The van der Waals surface area contributed by atoms with Crippen LogP contribution in [-0.4, -0.2) is 62.0 Å². The quantitative estimate of drug-likeness (QED) is 0.176. The fraction of sp³-hybridized carbons (Fsp3) is 0.467. The van der Waals surface area contributed by atoms with E-state index in [0.29, 0.717) is 28.7 Å². The van der Waals surface area contributed by atoms with Crippen molar-refractivity contribution in [3.05, 3.63) is 48.2 Å². The van der Waals surface area contributed by atoms with E-state index in [2.05, 4.69) is 27.8 Å².